The summed E-state index contributed by atoms with van der Waals surface area (Å²) < 4.78 is 0. The second kappa shape index (κ2) is 4.50. The fourth-order valence-electron chi connectivity index (χ4n) is 0.980. The molecule has 0 amide bonds. The van der Waals surface area contributed by atoms with Crippen LogP contribution >= 0.6 is 0 Å². The Labute approximate surface area is 77.4 Å². The molecule has 0 saturated heterocycles. The van der Waals surface area contributed by atoms with Gasteiger partial charge in [-0.25, -0.2) is 0 Å². The Balaban J connectivity index is 2.37. The van der Waals surface area contributed by atoms with Gasteiger partial charge in [-0.2, -0.15) is 0 Å². The van der Waals surface area contributed by atoms with Crippen LogP contribution in [-0.2, 0) is 4.79 Å². The number of carbonyl (C=O) groups excluding carboxylic acids is 1. The predicted molar refractivity (Wildman–Crippen MR) is 49.3 cm³/mol. The van der Waals surface area contributed by atoms with Crippen LogP contribution in [0, 0.1) is 6.92 Å². The number of carbonyl (C=O) groups is 1. The molecule has 0 atom stereocenters. The Morgan fingerprint density at radius 3 is 2.54 bits per heavy atom. The first-order valence-corrected chi connectivity index (χ1v) is 4.19. The van der Waals surface area contributed by atoms with Crippen molar-refractivity contribution >= 4 is 11.7 Å². The molecular formula is C10H12NO2-. The van der Waals surface area contributed by atoms with E-state index in [1.807, 2.05) is 31.2 Å². The molecule has 13 heavy (non-hydrogen) atoms. The molecule has 1 aromatic carbocycles. The number of rotatable bonds is 4. The van der Waals surface area contributed by atoms with E-state index in [0.29, 0.717) is 6.54 Å². The fraction of sp³-hybridized carbons (Fsp3) is 0.300. The summed E-state index contributed by atoms with van der Waals surface area (Å²) in [6.45, 7) is 2.41. The molecule has 0 bridgehead atoms. The monoisotopic (exact) mass is 178 g/mol. The number of anilines is 1. The topological polar surface area (TPSA) is 52.2 Å². The van der Waals surface area contributed by atoms with Crippen molar-refractivity contribution in [3.05, 3.63) is 29.8 Å². The lowest BCUT2D eigenvalue weighted by Gasteiger charge is -2.06. The van der Waals surface area contributed by atoms with Crippen LogP contribution in [0.5, 0.6) is 0 Å². The minimum Gasteiger partial charge on any atom is -0.550 e. The van der Waals surface area contributed by atoms with E-state index in [-0.39, 0.29) is 6.42 Å². The highest BCUT2D eigenvalue weighted by atomic mass is 16.4. The zero-order chi connectivity index (χ0) is 9.68. The van der Waals surface area contributed by atoms with Crippen LogP contribution in [0.4, 0.5) is 5.69 Å². The van der Waals surface area contributed by atoms with Gasteiger partial charge in [0.05, 0.1) is 0 Å². The Morgan fingerprint density at radius 2 is 2.00 bits per heavy atom. The van der Waals surface area contributed by atoms with Crippen LogP contribution in [0.15, 0.2) is 24.3 Å². The average molecular weight is 178 g/mol. The molecule has 3 nitrogen and oxygen atoms in total. The first kappa shape index (κ1) is 9.58. The Kier molecular flexibility index (Phi) is 3.31. The number of hydrogen-bond donors (Lipinski definition) is 1. The minimum absolute atomic E-state index is 0.0356. The van der Waals surface area contributed by atoms with Gasteiger partial charge in [0, 0.05) is 24.6 Å². The summed E-state index contributed by atoms with van der Waals surface area (Å²) >= 11 is 0. The summed E-state index contributed by atoms with van der Waals surface area (Å²) in [6, 6.07) is 7.79. The van der Waals surface area contributed by atoms with Crippen LogP contribution < -0.4 is 10.4 Å². The predicted octanol–water partition coefficient (Wildman–Crippen LogP) is 0.547. The second-order valence-electron chi connectivity index (χ2n) is 2.91. The zero-order valence-electron chi connectivity index (χ0n) is 7.54. The van der Waals surface area contributed by atoms with Crippen molar-refractivity contribution in [2.45, 2.75) is 13.3 Å². The van der Waals surface area contributed by atoms with Crippen molar-refractivity contribution in [1.29, 1.82) is 0 Å². The molecule has 0 saturated carbocycles. The van der Waals surface area contributed by atoms with Crippen molar-refractivity contribution in [3.63, 3.8) is 0 Å². The van der Waals surface area contributed by atoms with Crippen LogP contribution in [-0.4, -0.2) is 12.5 Å². The molecule has 0 heterocycles. The molecule has 0 spiro atoms. The maximum Gasteiger partial charge on any atom is 0.0431 e. The molecule has 0 aliphatic heterocycles. The van der Waals surface area contributed by atoms with Crippen molar-refractivity contribution in [3.8, 4) is 0 Å². The number of carboxylic acids is 1. The second-order valence-corrected chi connectivity index (χ2v) is 2.91. The van der Waals surface area contributed by atoms with E-state index in [2.05, 4.69) is 5.32 Å². The highest BCUT2D eigenvalue weighted by molar-refractivity contribution is 5.65. The molecule has 0 unspecified atom stereocenters. The van der Waals surface area contributed by atoms with E-state index >= 15 is 0 Å². The highest BCUT2D eigenvalue weighted by Crippen LogP contribution is 2.07. The number of carboxylic acid groups (broad SMARTS) is 1. The maximum absolute atomic E-state index is 10.1. The van der Waals surface area contributed by atoms with E-state index in [9.17, 15) is 9.90 Å². The molecule has 0 aromatic heterocycles. The molecule has 70 valence electrons. The number of aryl methyl sites for hydroxylation is 1. The van der Waals surface area contributed by atoms with E-state index < -0.39 is 5.97 Å². The SMILES string of the molecule is Cc1ccc(NCCC(=O)[O-])cc1. The first-order chi connectivity index (χ1) is 6.18. The summed E-state index contributed by atoms with van der Waals surface area (Å²) in [4.78, 5) is 10.1. The van der Waals surface area contributed by atoms with Crippen LogP contribution in [0.1, 0.15) is 12.0 Å². The molecule has 3 heteroatoms. The highest BCUT2D eigenvalue weighted by Gasteiger charge is 1.90. The minimum atomic E-state index is -1.03. The normalized spacial score (nSPS) is 9.62. The number of nitrogens with one attached hydrogen (secondary N) is 1. The summed E-state index contributed by atoms with van der Waals surface area (Å²) in [5.41, 5.74) is 2.12. The maximum atomic E-state index is 10.1. The first-order valence-electron chi connectivity index (χ1n) is 4.19. The van der Waals surface area contributed by atoms with E-state index in [1.54, 1.807) is 0 Å². The Morgan fingerprint density at radius 1 is 1.38 bits per heavy atom. The molecule has 0 fully saturated rings. The molecule has 0 radical (unpaired) electrons. The van der Waals surface area contributed by atoms with Gasteiger partial charge in [-0.3, -0.25) is 0 Å². The summed E-state index contributed by atoms with van der Waals surface area (Å²) in [5.74, 6) is -1.03. The largest absolute Gasteiger partial charge is 0.550 e. The van der Waals surface area contributed by atoms with Crippen molar-refractivity contribution < 1.29 is 9.90 Å². The number of aliphatic carboxylic acids is 1. The molecule has 1 aromatic rings. The summed E-state index contributed by atoms with van der Waals surface area (Å²) in [7, 11) is 0. The third-order valence-corrected chi connectivity index (χ3v) is 1.71. The number of benzene rings is 1. The lowest BCUT2D eigenvalue weighted by Crippen LogP contribution is -2.24. The molecule has 0 aliphatic rings. The van der Waals surface area contributed by atoms with Gasteiger partial charge in [0.15, 0.2) is 0 Å². The van der Waals surface area contributed by atoms with Crippen molar-refractivity contribution in [1.82, 2.24) is 0 Å². The average Bonchev–Trinajstić information content (AvgIpc) is 2.08. The number of hydrogen-bond acceptors (Lipinski definition) is 3. The van der Waals surface area contributed by atoms with E-state index in [0.717, 1.165) is 5.69 Å². The van der Waals surface area contributed by atoms with Crippen molar-refractivity contribution in [2.24, 2.45) is 0 Å². The van der Waals surface area contributed by atoms with Gasteiger partial charge in [0.2, 0.25) is 0 Å². The Hall–Kier alpha value is -1.51. The summed E-state index contributed by atoms with van der Waals surface area (Å²) in [6.07, 6.45) is 0.0356. The van der Waals surface area contributed by atoms with Gasteiger partial charge >= 0.3 is 0 Å². The molecule has 0 aliphatic carbocycles. The lowest BCUT2D eigenvalue weighted by molar-refractivity contribution is -0.305. The van der Waals surface area contributed by atoms with Gasteiger partial charge in [-0.15, -0.1) is 0 Å². The zero-order valence-corrected chi connectivity index (χ0v) is 7.54. The molecular weight excluding hydrogens is 166 g/mol. The third-order valence-electron chi connectivity index (χ3n) is 1.71. The Bertz CT molecular complexity index is 279. The van der Waals surface area contributed by atoms with Gasteiger partial charge < -0.3 is 15.2 Å². The standard InChI is InChI=1S/C10H13NO2/c1-8-2-4-9(5-3-8)11-7-6-10(12)13/h2-5,11H,6-7H2,1H3,(H,12,13)/p-1. The van der Waals surface area contributed by atoms with E-state index in [4.69, 9.17) is 0 Å². The molecule has 1 rings (SSSR count). The van der Waals surface area contributed by atoms with Gasteiger partial charge in [-0.05, 0) is 19.1 Å². The van der Waals surface area contributed by atoms with Crippen molar-refractivity contribution in [2.75, 3.05) is 11.9 Å². The summed E-state index contributed by atoms with van der Waals surface area (Å²) in [5, 5.41) is 13.1. The lowest BCUT2D eigenvalue weighted by atomic mass is 10.2. The van der Waals surface area contributed by atoms with E-state index in [1.165, 1.54) is 5.56 Å². The van der Waals surface area contributed by atoms with Gasteiger partial charge in [-0.1, -0.05) is 17.7 Å². The third kappa shape index (κ3) is 3.60. The van der Waals surface area contributed by atoms with Crippen LogP contribution in [0.2, 0.25) is 0 Å². The smallest absolute Gasteiger partial charge is 0.0431 e. The van der Waals surface area contributed by atoms with Crippen LogP contribution in [0.3, 0.4) is 0 Å². The fourth-order valence-corrected chi connectivity index (χ4v) is 0.980. The molecule has 1 N–H and O–H groups in total. The van der Waals surface area contributed by atoms with Gasteiger partial charge in [0.25, 0.3) is 0 Å². The van der Waals surface area contributed by atoms with Crippen LogP contribution in [0.25, 0.3) is 0 Å². The quantitative estimate of drug-likeness (QED) is 0.732. The van der Waals surface area contributed by atoms with Gasteiger partial charge in [0.1, 0.15) is 0 Å².